The first-order chi connectivity index (χ1) is 28.4. The van der Waals surface area contributed by atoms with Gasteiger partial charge in [-0.05, 0) is 100 Å². The van der Waals surface area contributed by atoms with Gasteiger partial charge in [0.1, 0.15) is 0 Å². The van der Waals surface area contributed by atoms with Crippen LogP contribution in [-0.4, -0.2) is 97.2 Å². The van der Waals surface area contributed by atoms with Crippen LogP contribution in [0.3, 0.4) is 0 Å². The van der Waals surface area contributed by atoms with Crippen molar-refractivity contribution < 1.29 is 48.0 Å². The molecule has 9 heterocycles. The molecule has 2 saturated carbocycles. The van der Waals surface area contributed by atoms with Crippen molar-refractivity contribution in [1.29, 1.82) is 0 Å². The highest BCUT2D eigenvalue weighted by Gasteiger charge is 2.71. The van der Waals surface area contributed by atoms with Gasteiger partial charge in [0.05, 0.1) is 18.7 Å². The minimum Gasteiger partial charge on any atom is -0.383 e. The predicted octanol–water partition coefficient (Wildman–Crippen LogP) is 8.05. The van der Waals surface area contributed by atoms with Gasteiger partial charge in [-0.25, -0.2) is 19.6 Å². The summed E-state index contributed by atoms with van der Waals surface area (Å²) in [4.78, 5) is 31.7. The number of pyridine rings is 1. The van der Waals surface area contributed by atoms with Crippen LogP contribution in [0.5, 0.6) is 0 Å². The van der Waals surface area contributed by atoms with Crippen LogP contribution in [0, 0.1) is 47.3 Å². The maximum Gasteiger partial charge on any atom is 0.201 e. The molecular weight excluding hydrogens is 778 g/mol. The fourth-order valence-electron chi connectivity index (χ4n) is 12.7. The van der Waals surface area contributed by atoms with Crippen LogP contribution in [0.2, 0.25) is 5.02 Å². The molecule has 10 aliphatic rings. The molecule has 12 rings (SSSR count). The Hall–Kier alpha value is -1.72. The summed E-state index contributed by atoms with van der Waals surface area (Å²) >= 11 is 6.29. The quantitative estimate of drug-likeness (QED) is 0.208. The smallest absolute Gasteiger partial charge is 0.201 e. The van der Waals surface area contributed by atoms with Crippen molar-refractivity contribution in [1.82, 2.24) is 9.88 Å². The maximum absolute atomic E-state index is 6.75. The Morgan fingerprint density at radius 3 is 1.83 bits per heavy atom. The lowest BCUT2D eigenvalue weighted by atomic mass is 9.58. The number of halogens is 1. The Kier molecular flexibility index (Phi) is 11.1. The van der Waals surface area contributed by atoms with Crippen LogP contribution in [0.15, 0.2) is 30.5 Å². The van der Waals surface area contributed by atoms with E-state index >= 15 is 0 Å². The highest BCUT2D eigenvalue weighted by atomic mass is 35.5. The van der Waals surface area contributed by atoms with Crippen LogP contribution in [-0.2, 0) is 48.0 Å². The van der Waals surface area contributed by atoms with Crippen molar-refractivity contribution in [3.8, 4) is 0 Å². The van der Waals surface area contributed by atoms with Gasteiger partial charge in [-0.3, -0.25) is 9.88 Å². The lowest BCUT2D eigenvalue weighted by Crippen LogP contribution is -2.70. The van der Waals surface area contributed by atoms with Crippen LogP contribution in [0.4, 0.5) is 5.69 Å². The molecule has 8 aliphatic heterocycles. The zero-order valence-electron chi connectivity index (χ0n) is 35.6. The monoisotopic (exact) mass is 841 g/mol. The first kappa shape index (κ1) is 41.3. The van der Waals surface area contributed by atoms with Crippen molar-refractivity contribution in [3.63, 3.8) is 0 Å². The number of hydrogen-bond donors (Lipinski definition) is 1. The third kappa shape index (κ3) is 7.06. The second kappa shape index (κ2) is 15.8. The highest BCUT2D eigenvalue weighted by molar-refractivity contribution is 6.31. The van der Waals surface area contributed by atoms with Gasteiger partial charge in [-0.2, -0.15) is 0 Å². The Morgan fingerprint density at radius 1 is 0.712 bits per heavy atom. The minimum absolute atomic E-state index is 0.108. The van der Waals surface area contributed by atoms with Gasteiger partial charge in [-0.15, -0.1) is 0 Å². The number of nitrogens with zero attached hydrogens (tertiary/aromatic N) is 2. The molecule has 4 bridgehead atoms. The highest BCUT2D eigenvalue weighted by Crippen LogP contribution is 2.62. The molecule has 2 spiro atoms. The van der Waals surface area contributed by atoms with E-state index in [1.807, 2.05) is 44.3 Å². The minimum atomic E-state index is -0.823. The summed E-state index contributed by atoms with van der Waals surface area (Å²) < 4.78 is 40.1. The first-order valence-electron chi connectivity index (χ1n) is 22.6. The number of benzene rings is 1. The van der Waals surface area contributed by atoms with E-state index in [1.165, 1.54) is 0 Å². The number of hydrogen-bond acceptors (Lipinski definition) is 13. The lowest BCUT2D eigenvalue weighted by Gasteiger charge is -2.60. The fraction of sp³-hybridized carbons (Fsp3) is 0.800. The van der Waals surface area contributed by atoms with Crippen molar-refractivity contribution in [2.24, 2.45) is 47.3 Å². The number of fused-ring (bicyclic) bond motifs is 5. The van der Waals surface area contributed by atoms with Crippen molar-refractivity contribution >= 4 is 28.2 Å². The summed E-state index contributed by atoms with van der Waals surface area (Å²) in [5, 5.41) is 5.36. The fourth-order valence-corrected chi connectivity index (χ4v) is 12.8. The number of anilines is 1. The summed E-state index contributed by atoms with van der Waals surface area (Å²) in [6.45, 7) is 16.9. The van der Waals surface area contributed by atoms with E-state index in [4.69, 9.17) is 59.6 Å². The molecule has 10 fully saturated rings. The van der Waals surface area contributed by atoms with Gasteiger partial charge in [-0.1, -0.05) is 39.3 Å². The SMILES string of the molecule is C[C@@H]1CCC2[C@@H](C)[C@@H](OCCN(CCNc3ccnc4cc(Cl)ccc34)CCO[C@H]3O[C@@H]4O[C@]5(C)CCC6[C@H](C)CCC([C@H]3C)C64OO5)O[C@@H]3O[C@]4(C)CCC1C23OO4. The Labute approximate surface area is 353 Å². The molecule has 1 aromatic carbocycles. The van der Waals surface area contributed by atoms with Gasteiger partial charge in [0.2, 0.25) is 11.6 Å². The molecular formula is C45H64ClN3O10. The molecule has 59 heavy (non-hydrogen) atoms. The zero-order valence-corrected chi connectivity index (χ0v) is 36.3. The summed E-state index contributed by atoms with van der Waals surface area (Å²) in [5.41, 5.74) is 0.653. The number of ether oxygens (including phenoxy) is 6. The molecule has 2 aliphatic carbocycles. The number of rotatable bonds is 12. The van der Waals surface area contributed by atoms with E-state index in [-0.39, 0.29) is 23.7 Å². The molecule has 0 radical (unpaired) electrons. The molecule has 8 saturated heterocycles. The summed E-state index contributed by atoms with van der Waals surface area (Å²) in [7, 11) is 0. The molecule has 0 amide bonds. The molecule has 326 valence electrons. The van der Waals surface area contributed by atoms with Crippen molar-refractivity contribution in [2.45, 2.75) is 141 Å². The zero-order chi connectivity index (χ0) is 40.7. The lowest BCUT2D eigenvalue weighted by molar-refractivity contribution is -0.577. The van der Waals surface area contributed by atoms with Gasteiger partial charge < -0.3 is 33.7 Å². The van der Waals surface area contributed by atoms with Crippen molar-refractivity contribution in [2.75, 3.05) is 44.7 Å². The Morgan fingerprint density at radius 2 is 1.27 bits per heavy atom. The van der Waals surface area contributed by atoms with Crippen LogP contribution in [0.25, 0.3) is 10.9 Å². The van der Waals surface area contributed by atoms with Crippen molar-refractivity contribution in [3.05, 3.63) is 35.5 Å². The van der Waals surface area contributed by atoms with Gasteiger partial charge in [0, 0.05) is 85.0 Å². The van der Waals surface area contributed by atoms with E-state index in [9.17, 15) is 0 Å². The normalized spacial score (nSPS) is 46.1. The van der Waals surface area contributed by atoms with Crippen LogP contribution < -0.4 is 5.32 Å². The van der Waals surface area contributed by atoms with Gasteiger partial charge >= 0.3 is 0 Å². The maximum atomic E-state index is 6.75. The Bertz CT molecular complexity index is 1760. The number of aromatic nitrogens is 1. The number of nitrogens with one attached hydrogen (secondary N) is 1. The van der Waals surface area contributed by atoms with Gasteiger partial charge in [0.25, 0.3) is 0 Å². The third-order valence-corrected chi connectivity index (χ3v) is 16.3. The molecule has 1 aromatic heterocycles. The van der Waals surface area contributed by atoms with E-state index in [0.717, 1.165) is 74.5 Å². The molecule has 6 unspecified atom stereocenters. The summed E-state index contributed by atoms with van der Waals surface area (Å²) in [5.74, 6) is 0.632. The standard InChI is InChI=1S/C45H64ClN3O10/c1-26-7-11-34-28(3)38(52-40-44(34)32(26)13-16-42(5,54-40)56-58-44)50-23-21-49(20-19-48-36-15-18-47-37-25-30(46)9-10-31(36)37)22-24-51-39-29(4)35-12-8-27(2)33-14-17-43(6)55-41(53-39)45(33,35)59-57-43/h9-10,15,18,25-29,32-35,38-41H,7-8,11-14,16-17,19-24H2,1-6H3,(H,47,48)/t26-,27-,28-,29-,32?,33?,34?,35?,38+,39+,40-,41-,42+,43+,44?,45?/m1/s1. The van der Waals surface area contributed by atoms with E-state index in [0.29, 0.717) is 61.5 Å². The topological polar surface area (TPSA) is 120 Å². The molecule has 2 aromatic rings. The average molecular weight is 842 g/mol. The third-order valence-electron chi connectivity index (χ3n) is 16.0. The first-order valence-corrected chi connectivity index (χ1v) is 22.9. The Balaban J connectivity index is 0.815. The molecule has 1 N–H and O–H groups in total. The van der Waals surface area contributed by atoms with Crippen LogP contribution in [0.1, 0.15) is 92.9 Å². The van der Waals surface area contributed by atoms with E-state index < -0.39 is 47.9 Å². The molecule has 16 atom stereocenters. The molecule has 14 heteroatoms. The predicted molar refractivity (Wildman–Crippen MR) is 217 cm³/mol. The average Bonchev–Trinajstić information content (AvgIpc) is 3.59. The van der Waals surface area contributed by atoms with E-state index in [1.54, 1.807) is 0 Å². The van der Waals surface area contributed by atoms with Gasteiger partial charge in [0.15, 0.2) is 36.4 Å². The van der Waals surface area contributed by atoms with E-state index in [2.05, 4.69) is 42.9 Å². The summed E-state index contributed by atoms with van der Waals surface area (Å²) in [6.07, 6.45) is 7.84. The second-order valence-electron chi connectivity index (χ2n) is 19.6. The largest absolute Gasteiger partial charge is 0.383 e. The summed E-state index contributed by atoms with van der Waals surface area (Å²) in [6, 6.07) is 7.83. The van der Waals surface area contributed by atoms with Crippen LogP contribution >= 0.6 is 11.6 Å². The molecule has 13 nitrogen and oxygen atoms in total. The second-order valence-corrected chi connectivity index (χ2v) is 20.0.